The van der Waals surface area contributed by atoms with Crippen LogP contribution in [0.4, 0.5) is 4.39 Å². The predicted molar refractivity (Wildman–Crippen MR) is 72.6 cm³/mol. The summed E-state index contributed by atoms with van der Waals surface area (Å²) >= 11 is 0. The minimum Gasteiger partial charge on any atom is -0.496 e. The molecule has 1 saturated carbocycles. The first-order valence-corrected chi connectivity index (χ1v) is 6.75. The van der Waals surface area contributed by atoms with E-state index in [1.807, 2.05) is 0 Å². The number of methoxy groups -OCH3 is 2. The molecule has 1 aliphatic rings. The third-order valence-electron chi connectivity index (χ3n) is 3.91. The molecule has 0 heterocycles. The summed E-state index contributed by atoms with van der Waals surface area (Å²) in [6.45, 7) is 0.350. The van der Waals surface area contributed by atoms with Crippen LogP contribution >= 0.6 is 0 Å². The Balaban J connectivity index is 2.51. The lowest BCUT2D eigenvalue weighted by molar-refractivity contribution is 0.179. The maximum atomic E-state index is 13.6. The molecule has 1 fully saturated rings. The Morgan fingerprint density at radius 1 is 1.21 bits per heavy atom. The largest absolute Gasteiger partial charge is 0.496 e. The van der Waals surface area contributed by atoms with Crippen LogP contribution in [-0.4, -0.2) is 14.2 Å². The van der Waals surface area contributed by atoms with Crippen LogP contribution in [0.25, 0.3) is 0 Å². The van der Waals surface area contributed by atoms with Crippen molar-refractivity contribution in [3.05, 3.63) is 29.1 Å². The van der Waals surface area contributed by atoms with Crippen LogP contribution in [-0.2, 0) is 16.9 Å². The maximum absolute atomic E-state index is 13.6. The van der Waals surface area contributed by atoms with Gasteiger partial charge in [0.25, 0.3) is 0 Å². The summed E-state index contributed by atoms with van der Waals surface area (Å²) in [5.41, 5.74) is 7.86. The molecule has 0 atom stereocenters. The van der Waals surface area contributed by atoms with E-state index in [2.05, 4.69) is 0 Å². The Morgan fingerprint density at radius 3 is 2.47 bits per heavy atom. The fourth-order valence-corrected chi connectivity index (χ4v) is 3.06. The summed E-state index contributed by atoms with van der Waals surface area (Å²) in [6, 6.07) is 2.92. The number of ether oxygens (including phenoxy) is 2. The van der Waals surface area contributed by atoms with Crippen molar-refractivity contribution in [1.82, 2.24) is 0 Å². The normalized spacial score (nSPS) is 18.3. The molecule has 2 rings (SSSR count). The monoisotopic (exact) mass is 267 g/mol. The summed E-state index contributed by atoms with van der Waals surface area (Å²) in [6.07, 6.45) is 5.23. The molecule has 4 heteroatoms. The molecule has 0 aromatic heterocycles. The van der Waals surface area contributed by atoms with Crippen molar-refractivity contribution in [2.75, 3.05) is 14.2 Å². The van der Waals surface area contributed by atoms with E-state index in [0.717, 1.165) is 36.8 Å². The zero-order chi connectivity index (χ0) is 13.9. The number of hydrogen-bond donors (Lipinski definition) is 1. The first-order valence-electron chi connectivity index (χ1n) is 6.75. The molecule has 2 N–H and O–H groups in total. The number of benzene rings is 1. The highest BCUT2D eigenvalue weighted by Gasteiger charge is 2.34. The minimum absolute atomic E-state index is 0.313. The average Bonchev–Trinajstić information content (AvgIpc) is 2.38. The van der Waals surface area contributed by atoms with Gasteiger partial charge in [-0.15, -0.1) is 0 Å². The average molecular weight is 267 g/mol. The van der Waals surface area contributed by atoms with Gasteiger partial charge in [0.15, 0.2) is 0 Å². The third kappa shape index (κ3) is 2.90. The lowest BCUT2D eigenvalue weighted by Crippen LogP contribution is -2.40. The second-order valence-corrected chi connectivity index (χ2v) is 5.29. The lowest BCUT2D eigenvalue weighted by Gasteiger charge is -2.36. The Kier molecular flexibility index (Phi) is 4.42. The molecular formula is C15H22FNO2. The molecule has 0 radical (unpaired) electrons. The van der Waals surface area contributed by atoms with Crippen molar-refractivity contribution < 1.29 is 13.9 Å². The van der Waals surface area contributed by atoms with E-state index >= 15 is 0 Å². The first kappa shape index (κ1) is 14.3. The zero-order valence-electron chi connectivity index (χ0n) is 11.7. The molecule has 19 heavy (non-hydrogen) atoms. The lowest BCUT2D eigenvalue weighted by atomic mass is 9.75. The van der Waals surface area contributed by atoms with Gasteiger partial charge in [0.05, 0.1) is 13.7 Å². The third-order valence-corrected chi connectivity index (χ3v) is 3.91. The summed E-state index contributed by atoms with van der Waals surface area (Å²) < 4.78 is 24.2. The van der Waals surface area contributed by atoms with Crippen LogP contribution in [0.1, 0.15) is 43.2 Å². The van der Waals surface area contributed by atoms with Crippen molar-refractivity contribution in [3.63, 3.8) is 0 Å². The van der Waals surface area contributed by atoms with Crippen molar-refractivity contribution in [3.8, 4) is 5.75 Å². The second kappa shape index (κ2) is 5.88. The summed E-state index contributed by atoms with van der Waals surface area (Å²) in [5.74, 6) is 0.225. The minimum atomic E-state index is -0.425. The fraction of sp³-hybridized carbons (Fsp3) is 0.600. The first-order chi connectivity index (χ1) is 9.10. The van der Waals surface area contributed by atoms with Gasteiger partial charge in [0.2, 0.25) is 0 Å². The maximum Gasteiger partial charge on any atom is 0.127 e. The van der Waals surface area contributed by atoms with E-state index in [-0.39, 0.29) is 5.82 Å². The Bertz CT molecular complexity index is 442. The van der Waals surface area contributed by atoms with Crippen molar-refractivity contribution in [2.45, 2.75) is 44.2 Å². The van der Waals surface area contributed by atoms with Gasteiger partial charge in [0.1, 0.15) is 11.6 Å². The van der Waals surface area contributed by atoms with Crippen LogP contribution in [0.15, 0.2) is 12.1 Å². The van der Waals surface area contributed by atoms with Gasteiger partial charge in [-0.1, -0.05) is 19.3 Å². The van der Waals surface area contributed by atoms with Gasteiger partial charge in [-0.25, -0.2) is 4.39 Å². The van der Waals surface area contributed by atoms with E-state index < -0.39 is 5.54 Å². The van der Waals surface area contributed by atoms with Crippen molar-refractivity contribution in [2.24, 2.45) is 5.73 Å². The smallest absolute Gasteiger partial charge is 0.127 e. The molecule has 0 saturated heterocycles. The molecule has 0 amide bonds. The van der Waals surface area contributed by atoms with E-state index in [1.165, 1.54) is 18.6 Å². The Morgan fingerprint density at radius 2 is 1.89 bits per heavy atom. The summed E-state index contributed by atoms with van der Waals surface area (Å²) in [5, 5.41) is 0. The highest BCUT2D eigenvalue weighted by atomic mass is 19.1. The van der Waals surface area contributed by atoms with Crippen LogP contribution in [0, 0.1) is 5.82 Å². The molecule has 1 aromatic carbocycles. The molecule has 0 unspecified atom stereocenters. The van der Waals surface area contributed by atoms with Crippen LogP contribution < -0.4 is 10.5 Å². The molecule has 0 spiro atoms. The van der Waals surface area contributed by atoms with E-state index in [9.17, 15) is 4.39 Å². The summed E-state index contributed by atoms with van der Waals surface area (Å²) in [7, 11) is 3.16. The molecule has 0 aliphatic heterocycles. The SMILES string of the molecule is COCc1cc(F)cc(OC)c1C1(N)CCCCC1. The van der Waals surface area contributed by atoms with Gasteiger partial charge in [-0.05, 0) is 24.5 Å². The number of hydrogen-bond acceptors (Lipinski definition) is 3. The van der Waals surface area contributed by atoms with Gasteiger partial charge in [0, 0.05) is 24.3 Å². The highest BCUT2D eigenvalue weighted by Crippen LogP contribution is 2.41. The predicted octanol–water partition coefficient (Wildman–Crippen LogP) is 3.10. The fourth-order valence-electron chi connectivity index (χ4n) is 3.06. The molecule has 1 aromatic rings. The number of nitrogens with two attached hydrogens (primary N) is 1. The van der Waals surface area contributed by atoms with Crippen LogP contribution in [0.3, 0.4) is 0 Å². The van der Waals surface area contributed by atoms with Crippen molar-refractivity contribution >= 4 is 0 Å². The van der Waals surface area contributed by atoms with E-state index in [4.69, 9.17) is 15.2 Å². The Labute approximate surface area is 113 Å². The van der Waals surface area contributed by atoms with Gasteiger partial charge < -0.3 is 15.2 Å². The van der Waals surface area contributed by atoms with Crippen LogP contribution in [0.5, 0.6) is 5.75 Å². The molecular weight excluding hydrogens is 245 g/mol. The second-order valence-electron chi connectivity index (χ2n) is 5.29. The molecule has 106 valence electrons. The van der Waals surface area contributed by atoms with Gasteiger partial charge in [-0.3, -0.25) is 0 Å². The van der Waals surface area contributed by atoms with Crippen LogP contribution in [0.2, 0.25) is 0 Å². The number of halogens is 1. The zero-order valence-corrected chi connectivity index (χ0v) is 11.7. The molecule has 3 nitrogen and oxygen atoms in total. The van der Waals surface area contributed by atoms with Crippen molar-refractivity contribution in [1.29, 1.82) is 0 Å². The Hall–Kier alpha value is -1.13. The topological polar surface area (TPSA) is 44.5 Å². The molecule has 0 bridgehead atoms. The van der Waals surface area contributed by atoms with E-state index in [1.54, 1.807) is 14.2 Å². The van der Waals surface area contributed by atoms with E-state index in [0.29, 0.717) is 12.4 Å². The van der Waals surface area contributed by atoms with Gasteiger partial charge >= 0.3 is 0 Å². The molecule has 1 aliphatic carbocycles. The van der Waals surface area contributed by atoms with Gasteiger partial charge in [-0.2, -0.15) is 0 Å². The quantitative estimate of drug-likeness (QED) is 0.911. The highest BCUT2D eigenvalue weighted by molar-refractivity contribution is 5.46. The summed E-state index contributed by atoms with van der Waals surface area (Å²) in [4.78, 5) is 0. The standard InChI is InChI=1S/C15H22FNO2/c1-18-10-11-8-12(16)9-13(19-2)14(11)15(17)6-4-3-5-7-15/h8-9H,3-7,10,17H2,1-2H3. The number of rotatable bonds is 4.